The lowest BCUT2D eigenvalue weighted by molar-refractivity contribution is -0.138. The maximum Gasteiger partial charge on any atom is 0.312 e. The quantitative estimate of drug-likeness (QED) is 0.730. The fourth-order valence-electron chi connectivity index (χ4n) is 1.87. The molecule has 0 bridgehead atoms. The first-order valence-electron chi connectivity index (χ1n) is 6.19. The Balaban J connectivity index is 1.93. The highest BCUT2D eigenvalue weighted by molar-refractivity contribution is 5.80. The number of carbonyl (C=O) groups is 2. The average molecular weight is 273 g/mol. The Kier molecular flexibility index (Phi) is 4.49. The number of rotatable bonds is 6. The van der Waals surface area contributed by atoms with Crippen molar-refractivity contribution in [2.75, 3.05) is 6.54 Å². The van der Waals surface area contributed by atoms with Gasteiger partial charge in [-0.1, -0.05) is 30.3 Å². The molecule has 3 N–H and O–H groups in total. The normalized spacial score (nSPS) is 11.8. The molecule has 0 saturated carbocycles. The summed E-state index contributed by atoms with van der Waals surface area (Å²) in [4.78, 5) is 23.0. The lowest BCUT2D eigenvalue weighted by Gasteiger charge is -2.13. The fraction of sp³-hybridized carbons (Fsp3) is 0.214. The third-order valence-corrected chi connectivity index (χ3v) is 2.91. The predicted octanol–water partition coefficient (Wildman–Crippen LogP) is 0.937. The summed E-state index contributed by atoms with van der Waals surface area (Å²) in [5, 5.41) is 18.3. The van der Waals surface area contributed by atoms with E-state index in [4.69, 9.17) is 0 Å². The molecule has 2 aromatic rings. The van der Waals surface area contributed by atoms with E-state index in [0.29, 0.717) is 11.3 Å². The van der Waals surface area contributed by atoms with Crippen LogP contribution in [0.2, 0.25) is 0 Å². The number of benzene rings is 1. The molecule has 1 amide bonds. The molecule has 0 fully saturated rings. The van der Waals surface area contributed by atoms with Gasteiger partial charge in [-0.15, -0.1) is 0 Å². The molecule has 6 heteroatoms. The summed E-state index contributed by atoms with van der Waals surface area (Å²) in [5.41, 5.74) is 1.36. The van der Waals surface area contributed by atoms with Crippen LogP contribution in [0.4, 0.5) is 0 Å². The van der Waals surface area contributed by atoms with Crippen LogP contribution in [-0.2, 0) is 16.0 Å². The van der Waals surface area contributed by atoms with Gasteiger partial charge in [0, 0.05) is 18.4 Å². The van der Waals surface area contributed by atoms with Gasteiger partial charge in [0.2, 0.25) is 5.91 Å². The van der Waals surface area contributed by atoms with Crippen molar-refractivity contribution in [2.24, 2.45) is 0 Å². The van der Waals surface area contributed by atoms with Crippen LogP contribution in [-0.4, -0.2) is 33.7 Å². The Morgan fingerprint density at radius 3 is 2.60 bits per heavy atom. The van der Waals surface area contributed by atoms with Gasteiger partial charge in [0.1, 0.15) is 0 Å². The summed E-state index contributed by atoms with van der Waals surface area (Å²) >= 11 is 0. The Morgan fingerprint density at radius 2 is 2.00 bits per heavy atom. The minimum absolute atomic E-state index is 0.0618. The van der Waals surface area contributed by atoms with Crippen molar-refractivity contribution >= 4 is 11.9 Å². The van der Waals surface area contributed by atoms with Crippen LogP contribution < -0.4 is 5.32 Å². The monoisotopic (exact) mass is 273 g/mol. The van der Waals surface area contributed by atoms with Crippen LogP contribution in [0, 0.1) is 0 Å². The number of aromatic nitrogens is 2. The molecular formula is C14H15N3O3. The van der Waals surface area contributed by atoms with Crippen molar-refractivity contribution in [1.82, 2.24) is 15.5 Å². The van der Waals surface area contributed by atoms with Crippen molar-refractivity contribution < 1.29 is 14.7 Å². The van der Waals surface area contributed by atoms with Gasteiger partial charge in [-0.25, -0.2) is 0 Å². The topological polar surface area (TPSA) is 95.1 Å². The van der Waals surface area contributed by atoms with Gasteiger partial charge in [0.15, 0.2) is 0 Å². The zero-order valence-electron chi connectivity index (χ0n) is 10.7. The van der Waals surface area contributed by atoms with Gasteiger partial charge >= 0.3 is 5.97 Å². The van der Waals surface area contributed by atoms with E-state index < -0.39 is 11.9 Å². The lowest BCUT2D eigenvalue weighted by Crippen LogP contribution is -2.32. The van der Waals surface area contributed by atoms with Crippen molar-refractivity contribution in [3.8, 4) is 0 Å². The summed E-state index contributed by atoms with van der Waals surface area (Å²) in [6.45, 7) is 0.0618. The smallest absolute Gasteiger partial charge is 0.312 e. The molecule has 1 aromatic heterocycles. The molecule has 1 unspecified atom stereocenters. The molecule has 0 radical (unpaired) electrons. The van der Waals surface area contributed by atoms with Crippen molar-refractivity contribution in [3.05, 3.63) is 53.9 Å². The van der Waals surface area contributed by atoms with Crippen LogP contribution in [0.25, 0.3) is 0 Å². The zero-order valence-corrected chi connectivity index (χ0v) is 10.7. The van der Waals surface area contributed by atoms with E-state index >= 15 is 0 Å². The van der Waals surface area contributed by atoms with Crippen LogP contribution >= 0.6 is 0 Å². The summed E-state index contributed by atoms with van der Waals surface area (Å²) in [7, 11) is 0. The summed E-state index contributed by atoms with van der Waals surface area (Å²) in [5.74, 6) is -1.95. The number of carboxylic acids is 1. The second-order valence-electron chi connectivity index (χ2n) is 4.36. The van der Waals surface area contributed by atoms with Gasteiger partial charge in [-0.3, -0.25) is 14.7 Å². The van der Waals surface area contributed by atoms with Crippen molar-refractivity contribution in [3.63, 3.8) is 0 Å². The number of hydrogen-bond acceptors (Lipinski definition) is 3. The Bertz CT molecular complexity index is 567. The van der Waals surface area contributed by atoms with E-state index in [-0.39, 0.29) is 18.9 Å². The van der Waals surface area contributed by atoms with E-state index in [0.717, 1.165) is 0 Å². The standard InChI is InChI=1S/C14H15N3O3/c18-13(8-11-6-7-16-17-11)15-9-12(14(19)20)10-4-2-1-3-5-10/h1-7,12H,8-9H2,(H,15,18)(H,16,17)(H,19,20). The van der Waals surface area contributed by atoms with E-state index in [2.05, 4.69) is 15.5 Å². The SMILES string of the molecule is O=C(Cc1ccn[nH]1)NCC(C(=O)O)c1ccccc1. The molecule has 0 aliphatic rings. The first kappa shape index (κ1) is 13.8. The molecule has 0 aliphatic heterocycles. The van der Waals surface area contributed by atoms with Gasteiger partial charge < -0.3 is 10.4 Å². The van der Waals surface area contributed by atoms with E-state index in [1.165, 1.54) is 0 Å². The summed E-state index contributed by atoms with van der Waals surface area (Å²) in [6, 6.07) is 10.5. The third-order valence-electron chi connectivity index (χ3n) is 2.91. The van der Waals surface area contributed by atoms with Gasteiger partial charge in [-0.2, -0.15) is 5.10 Å². The van der Waals surface area contributed by atoms with E-state index in [1.807, 2.05) is 6.07 Å². The molecule has 0 saturated heterocycles. The van der Waals surface area contributed by atoms with Gasteiger partial charge in [0.25, 0.3) is 0 Å². The predicted molar refractivity (Wildman–Crippen MR) is 72.1 cm³/mol. The first-order valence-corrected chi connectivity index (χ1v) is 6.19. The Labute approximate surface area is 115 Å². The maximum absolute atomic E-state index is 11.7. The third kappa shape index (κ3) is 3.68. The highest BCUT2D eigenvalue weighted by Gasteiger charge is 2.20. The second kappa shape index (κ2) is 6.51. The largest absolute Gasteiger partial charge is 0.481 e. The van der Waals surface area contributed by atoms with Crippen LogP contribution in [0.5, 0.6) is 0 Å². The fourth-order valence-corrected chi connectivity index (χ4v) is 1.87. The minimum Gasteiger partial charge on any atom is -0.481 e. The lowest BCUT2D eigenvalue weighted by atomic mass is 9.99. The molecule has 2 rings (SSSR count). The number of nitrogens with zero attached hydrogens (tertiary/aromatic N) is 1. The van der Waals surface area contributed by atoms with E-state index in [9.17, 15) is 14.7 Å². The van der Waals surface area contributed by atoms with Crippen molar-refractivity contribution in [2.45, 2.75) is 12.3 Å². The molecule has 0 spiro atoms. The number of hydrogen-bond donors (Lipinski definition) is 3. The molecule has 1 aromatic carbocycles. The van der Waals surface area contributed by atoms with Crippen LogP contribution in [0.15, 0.2) is 42.6 Å². The maximum atomic E-state index is 11.7. The van der Waals surface area contributed by atoms with Crippen LogP contribution in [0.3, 0.4) is 0 Å². The average Bonchev–Trinajstić information content (AvgIpc) is 2.92. The Hall–Kier alpha value is -2.63. The molecule has 0 aliphatic carbocycles. The van der Waals surface area contributed by atoms with E-state index in [1.54, 1.807) is 36.5 Å². The molecule has 1 heterocycles. The molecular weight excluding hydrogens is 258 g/mol. The minimum atomic E-state index is -0.960. The van der Waals surface area contributed by atoms with Gasteiger partial charge in [0.05, 0.1) is 12.3 Å². The number of aliphatic carboxylic acids is 1. The van der Waals surface area contributed by atoms with Gasteiger partial charge in [-0.05, 0) is 11.6 Å². The molecule has 104 valence electrons. The molecule has 1 atom stereocenters. The highest BCUT2D eigenvalue weighted by atomic mass is 16.4. The molecule has 20 heavy (non-hydrogen) atoms. The second-order valence-corrected chi connectivity index (χ2v) is 4.36. The number of aromatic amines is 1. The first-order chi connectivity index (χ1) is 9.66. The van der Waals surface area contributed by atoms with Crippen molar-refractivity contribution in [1.29, 1.82) is 0 Å². The summed E-state index contributed by atoms with van der Waals surface area (Å²) < 4.78 is 0. The number of carboxylic acid groups (broad SMARTS) is 1. The highest BCUT2D eigenvalue weighted by Crippen LogP contribution is 2.14. The van der Waals surface area contributed by atoms with Crippen LogP contribution in [0.1, 0.15) is 17.2 Å². The molecule has 6 nitrogen and oxygen atoms in total. The number of H-pyrrole nitrogens is 1. The Morgan fingerprint density at radius 1 is 1.25 bits per heavy atom. The summed E-state index contributed by atoms with van der Waals surface area (Å²) in [6.07, 6.45) is 1.72. The number of nitrogens with one attached hydrogen (secondary N) is 2. The zero-order chi connectivity index (χ0) is 14.4. The number of amides is 1. The number of carbonyl (C=O) groups excluding carboxylic acids is 1.